The minimum atomic E-state index is -0.233. The molecule has 0 spiro atoms. The molecule has 2 N–H and O–H groups in total. The van der Waals surface area contributed by atoms with Crippen LogP contribution in [-0.4, -0.2) is 44.4 Å². The van der Waals surface area contributed by atoms with Crippen LogP contribution in [0.4, 0.5) is 5.13 Å². The van der Waals surface area contributed by atoms with Crippen molar-refractivity contribution in [2.24, 2.45) is 0 Å². The molecule has 3 rings (SSSR count). The molecule has 2 aromatic heterocycles. The highest BCUT2D eigenvalue weighted by Gasteiger charge is 2.15. The van der Waals surface area contributed by atoms with Crippen molar-refractivity contribution in [1.29, 1.82) is 0 Å². The number of aromatic nitrogens is 4. The normalized spacial score (nSPS) is 10.5. The number of allylic oxidation sites excluding steroid dienone is 1. The number of hydrogen-bond acceptors (Lipinski definition) is 8. The first-order valence-electron chi connectivity index (χ1n) is 9.30. The Kier molecular flexibility index (Phi) is 7.79. The topological polar surface area (TPSA) is 111 Å². The molecule has 3 aromatic rings. The van der Waals surface area contributed by atoms with Crippen molar-refractivity contribution in [2.75, 3.05) is 18.2 Å². The van der Waals surface area contributed by atoms with Crippen molar-refractivity contribution >= 4 is 40.0 Å². The molecule has 0 aliphatic carbocycles. The Hall–Kier alpha value is -3.18. The Balaban J connectivity index is 1.59. The van der Waals surface area contributed by atoms with Crippen molar-refractivity contribution in [2.45, 2.75) is 25.2 Å². The number of amides is 2. The quantitative estimate of drug-likeness (QED) is 0.355. The SMILES string of the molecule is C=CCn1c(CNC(=O)c2ccc(OC)cc2)nnc1SCC(=O)Nc1nc(C)cs1. The van der Waals surface area contributed by atoms with Crippen molar-refractivity contribution in [3.8, 4) is 5.75 Å². The predicted octanol–water partition coefficient (Wildman–Crippen LogP) is 2.90. The smallest absolute Gasteiger partial charge is 0.251 e. The summed E-state index contributed by atoms with van der Waals surface area (Å²) in [6, 6.07) is 6.82. The van der Waals surface area contributed by atoms with Crippen LogP contribution in [0, 0.1) is 6.92 Å². The number of thiazole rings is 1. The van der Waals surface area contributed by atoms with Gasteiger partial charge in [0.05, 0.1) is 25.1 Å². The molecule has 9 nitrogen and oxygen atoms in total. The molecule has 0 radical (unpaired) electrons. The van der Waals surface area contributed by atoms with E-state index >= 15 is 0 Å². The first-order valence-corrected chi connectivity index (χ1v) is 11.2. The zero-order valence-corrected chi connectivity index (χ0v) is 18.8. The number of nitrogens with zero attached hydrogens (tertiary/aromatic N) is 4. The van der Waals surface area contributed by atoms with E-state index in [4.69, 9.17) is 4.74 Å². The molecule has 0 fully saturated rings. The Bertz CT molecular complexity index is 1060. The highest BCUT2D eigenvalue weighted by atomic mass is 32.2. The number of carbonyl (C=O) groups is 2. The fourth-order valence-corrected chi connectivity index (χ4v) is 4.04. The largest absolute Gasteiger partial charge is 0.497 e. The predicted molar refractivity (Wildman–Crippen MR) is 121 cm³/mol. The van der Waals surface area contributed by atoms with Gasteiger partial charge in [0, 0.05) is 17.5 Å². The van der Waals surface area contributed by atoms with Gasteiger partial charge in [0.15, 0.2) is 16.1 Å². The van der Waals surface area contributed by atoms with Gasteiger partial charge in [-0.15, -0.1) is 28.1 Å². The van der Waals surface area contributed by atoms with Gasteiger partial charge in [-0.1, -0.05) is 17.8 Å². The molecule has 0 aliphatic heterocycles. The van der Waals surface area contributed by atoms with E-state index in [9.17, 15) is 9.59 Å². The van der Waals surface area contributed by atoms with E-state index < -0.39 is 0 Å². The monoisotopic (exact) mass is 458 g/mol. The number of anilines is 1. The Labute approximate surface area is 187 Å². The number of nitrogens with one attached hydrogen (secondary N) is 2. The summed E-state index contributed by atoms with van der Waals surface area (Å²) in [5.74, 6) is 0.995. The standard InChI is InChI=1S/C20H22N6O3S2/c1-4-9-26-16(10-21-18(28)14-5-7-15(29-3)8-6-14)24-25-20(26)31-12-17(27)23-19-22-13(2)11-30-19/h4-8,11H,1,9-10,12H2,2-3H3,(H,21,28)(H,22,23,27). The van der Waals surface area contributed by atoms with Crippen LogP contribution in [0.25, 0.3) is 0 Å². The molecule has 0 saturated carbocycles. The molecule has 1 aromatic carbocycles. The lowest BCUT2D eigenvalue weighted by molar-refractivity contribution is -0.113. The van der Waals surface area contributed by atoms with Gasteiger partial charge >= 0.3 is 0 Å². The van der Waals surface area contributed by atoms with Gasteiger partial charge in [-0.2, -0.15) is 0 Å². The maximum atomic E-state index is 12.4. The van der Waals surface area contributed by atoms with Gasteiger partial charge in [-0.25, -0.2) is 4.98 Å². The van der Waals surface area contributed by atoms with Crippen LogP contribution in [0.1, 0.15) is 21.9 Å². The summed E-state index contributed by atoms with van der Waals surface area (Å²) in [6.07, 6.45) is 1.71. The van der Waals surface area contributed by atoms with E-state index in [1.54, 1.807) is 37.5 Å². The number of methoxy groups -OCH3 is 1. The first kappa shape index (κ1) is 22.5. The minimum absolute atomic E-state index is 0.159. The molecule has 0 unspecified atom stereocenters. The summed E-state index contributed by atoms with van der Waals surface area (Å²) in [6.45, 7) is 6.27. The lowest BCUT2D eigenvalue weighted by atomic mass is 10.2. The highest BCUT2D eigenvalue weighted by Crippen LogP contribution is 2.19. The van der Waals surface area contributed by atoms with E-state index in [0.717, 1.165) is 5.69 Å². The van der Waals surface area contributed by atoms with E-state index in [-0.39, 0.29) is 24.1 Å². The van der Waals surface area contributed by atoms with E-state index in [1.807, 2.05) is 16.9 Å². The van der Waals surface area contributed by atoms with Crippen LogP contribution >= 0.6 is 23.1 Å². The van der Waals surface area contributed by atoms with E-state index in [0.29, 0.717) is 34.0 Å². The van der Waals surface area contributed by atoms with Crippen molar-refractivity contribution < 1.29 is 14.3 Å². The number of aryl methyl sites for hydroxylation is 1. The van der Waals surface area contributed by atoms with Crippen LogP contribution in [0.2, 0.25) is 0 Å². The summed E-state index contributed by atoms with van der Waals surface area (Å²) >= 11 is 2.63. The van der Waals surface area contributed by atoms with Gasteiger partial charge in [0.25, 0.3) is 5.91 Å². The third kappa shape index (κ3) is 6.15. The molecule has 0 bridgehead atoms. The Morgan fingerprint density at radius 1 is 1.29 bits per heavy atom. The molecule has 0 aliphatic rings. The van der Waals surface area contributed by atoms with E-state index in [2.05, 4.69) is 32.4 Å². The summed E-state index contributed by atoms with van der Waals surface area (Å²) in [5.41, 5.74) is 1.37. The van der Waals surface area contributed by atoms with Crippen LogP contribution in [0.5, 0.6) is 5.75 Å². The van der Waals surface area contributed by atoms with Gasteiger partial charge < -0.3 is 19.9 Å². The highest BCUT2D eigenvalue weighted by molar-refractivity contribution is 7.99. The van der Waals surface area contributed by atoms with Gasteiger partial charge in [-0.3, -0.25) is 9.59 Å². The summed E-state index contributed by atoms with van der Waals surface area (Å²) < 4.78 is 6.91. The maximum Gasteiger partial charge on any atom is 0.251 e. The second kappa shape index (κ2) is 10.7. The lowest BCUT2D eigenvalue weighted by Gasteiger charge is -2.09. The minimum Gasteiger partial charge on any atom is -0.497 e. The van der Waals surface area contributed by atoms with Gasteiger partial charge in [0.1, 0.15) is 5.75 Å². The number of carbonyl (C=O) groups excluding carboxylic acids is 2. The average Bonchev–Trinajstić information content (AvgIpc) is 3.36. The summed E-state index contributed by atoms with van der Waals surface area (Å²) in [5, 5.41) is 16.9. The fourth-order valence-electron chi connectivity index (χ4n) is 2.57. The number of benzene rings is 1. The summed E-state index contributed by atoms with van der Waals surface area (Å²) in [4.78, 5) is 28.8. The molecular weight excluding hydrogens is 436 g/mol. The molecule has 0 saturated heterocycles. The zero-order valence-electron chi connectivity index (χ0n) is 17.1. The van der Waals surface area contributed by atoms with Gasteiger partial charge in [0.2, 0.25) is 5.91 Å². The number of ether oxygens (including phenoxy) is 1. The number of hydrogen-bond donors (Lipinski definition) is 2. The molecule has 162 valence electrons. The molecule has 11 heteroatoms. The second-order valence-electron chi connectivity index (χ2n) is 6.34. The molecular formula is C20H22N6O3S2. The molecule has 31 heavy (non-hydrogen) atoms. The lowest BCUT2D eigenvalue weighted by Crippen LogP contribution is -2.24. The van der Waals surface area contributed by atoms with E-state index in [1.165, 1.54) is 23.1 Å². The maximum absolute atomic E-state index is 12.4. The number of thioether (sulfide) groups is 1. The molecule has 0 atom stereocenters. The van der Waals surface area contributed by atoms with Crippen molar-refractivity contribution in [1.82, 2.24) is 25.1 Å². The fraction of sp³-hybridized carbons (Fsp3) is 0.250. The third-order valence-corrected chi connectivity index (χ3v) is 5.90. The Morgan fingerprint density at radius 3 is 2.71 bits per heavy atom. The molecule has 2 heterocycles. The Morgan fingerprint density at radius 2 is 2.06 bits per heavy atom. The third-order valence-electron chi connectivity index (χ3n) is 4.06. The first-order chi connectivity index (χ1) is 15.0. The summed E-state index contributed by atoms with van der Waals surface area (Å²) in [7, 11) is 1.57. The van der Waals surface area contributed by atoms with Crippen LogP contribution in [-0.2, 0) is 17.9 Å². The number of rotatable bonds is 10. The van der Waals surface area contributed by atoms with Gasteiger partial charge in [-0.05, 0) is 31.2 Å². The van der Waals surface area contributed by atoms with Crippen molar-refractivity contribution in [3.05, 3.63) is 59.4 Å². The van der Waals surface area contributed by atoms with Crippen LogP contribution in [0.3, 0.4) is 0 Å². The second-order valence-corrected chi connectivity index (χ2v) is 8.14. The van der Waals surface area contributed by atoms with Crippen LogP contribution < -0.4 is 15.4 Å². The average molecular weight is 459 g/mol. The zero-order chi connectivity index (χ0) is 22.2. The van der Waals surface area contributed by atoms with Crippen LogP contribution in [0.15, 0.2) is 47.5 Å². The molecule has 2 amide bonds. The van der Waals surface area contributed by atoms with Crippen molar-refractivity contribution in [3.63, 3.8) is 0 Å².